The Bertz CT molecular complexity index is 610. The van der Waals surface area contributed by atoms with Gasteiger partial charge in [0.15, 0.2) is 11.5 Å². The lowest BCUT2D eigenvalue weighted by molar-refractivity contribution is 0.102. The minimum Gasteiger partial charge on any atom is -0.382 e. The van der Waals surface area contributed by atoms with Crippen LogP contribution >= 0.6 is 23.2 Å². The van der Waals surface area contributed by atoms with E-state index >= 15 is 0 Å². The number of halogens is 3. The van der Waals surface area contributed by atoms with Gasteiger partial charge in [0.25, 0.3) is 5.91 Å². The minimum absolute atomic E-state index is 0.0609. The molecule has 0 fully saturated rings. The molecule has 0 spiro atoms. The number of carbonyl (C=O) groups is 1. The van der Waals surface area contributed by atoms with Crippen LogP contribution in [0.1, 0.15) is 10.5 Å². The number of amides is 1. The predicted octanol–water partition coefficient (Wildman–Crippen LogP) is 2.76. The van der Waals surface area contributed by atoms with Crippen molar-refractivity contribution < 1.29 is 9.18 Å². The molecule has 2 rings (SSSR count). The molecular formula is C11H7Cl2FN4O. The predicted molar refractivity (Wildman–Crippen MR) is 70.8 cm³/mol. The first-order valence-electron chi connectivity index (χ1n) is 5.02. The smallest absolute Gasteiger partial charge is 0.276 e. The highest BCUT2D eigenvalue weighted by molar-refractivity contribution is 6.35. The molecule has 0 aliphatic heterocycles. The van der Waals surface area contributed by atoms with Crippen LogP contribution in [0.5, 0.6) is 0 Å². The van der Waals surface area contributed by atoms with E-state index in [2.05, 4.69) is 15.5 Å². The molecule has 8 heteroatoms. The van der Waals surface area contributed by atoms with Gasteiger partial charge in [-0.1, -0.05) is 23.2 Å². The number of carbonyl (C=O) groups excluding carboxylic acids is 1. The number of hydrogen-bond donors (Lipinski definition) is 2. The van der Waals surface area contributed by atoms with Gasteiger partial charge in [0.1, 0.15) is 5.82 Å². The van der Waals surface area contributed by atoms with Crippen LogP contribution in [0, 0.1) is 5.82 Å². The van der Waals surface area contributed by atoms with Gasteiger partial charge in [-0.05, 0) is 24.3 Å². The van der Waals surface area contributed by atoms with E-state index in [4.69, 9.17) is 28.9 Å². The van der Waals surface area contributed by atoms with Crippen LogP contribution in [0.2, 0.25) is 10.0 Å². The molecule has 1 heterocycles. The van der Waals surface area contributed by atoms with Crippen molar-refractivity contribution in [2.45, 2.75) is 0 Å². The second-order valence-corrected chi connectivity index (χ2v) is 4.37. The van der Waals surface area contributed by atoms with E-state index in [1.807, 2.05) is 0 Å². The van der Waals surface area contributed by atoms with Crippen LogP contribution in [0.25, 0.3) is 0 Å². The van der Waals surface area contributed by atoms with Crippen LogP contribution in [-0.2, 0) is 0 Å². The van der Waals surface area contributed by atoms with Crippen molar-refractivity contribution in [1.82, 2.24) is 10.2 Å². The van der Waals surface area contributed by atoms with Crippen LogP contribution in [0.3, 0.4) is 0 Å². The van der Waals surface area contributed by atoms with E-state index < -0.39 is 11.7 Å². The summed E-state index contributed by atoms with van der Waals surface area (Å²) in [4.78, 5) is 11.8. The zero-order valence-electron chi connectivity index (χ0n) is 9.32. The Balaban J connectivity index is 2.22. The summed E-state index contributed by atoms with van der Waals surface area (Å²) in [6.07, 6.45) is 0. The third-order valence-electron chi connectivity index (χ3n) is 2.16. The fraction of sp³-hybridized carbons (Fsp3) is 0. The number of benzene rings is 1. The van der Waals surface area contributed by atoms with Crippen LogP contribution < -0.4 is 11.1 Å². The third-order valence-corrected chi connectivity index (χ3v) is 2.71. The number of rotatable bonds is 2. The summed E-state index contributed by atoms with van der Waals surface area (Å²) < 4.78 is 13.2. The number of nitrogens with zero attached hydrogens (tertiary/aromatic N) is 2. The van der Waals surface area contributed by atoms with E-state index in [1.165, 1.54) is 24.3 Å². The van der Waals surface area contributed by atoms with Gasteiger partial charge in [0, 0.05) is 5.69 Å². The zero-order chi connectivity index (χ0) is 14.0. The molecule has 3 N–H and O–H groups in total. The second kappa shape index (κ2) is 5.38. The van der Waals surface area contributed by atoms with E-state index in [9.17, 15) is 9.18 Å². The summed E-state index contributed by atoms with van der Waals surface area (Å²) in [6, 6.07) is 5.33. The first-order chi connectivity index (χ1) is 8.97. The lowest BCUT2D eigenvalue weighted by Gasteiger charge is -2.06. The highest BCUT2D eigenvalue weighted by Crippen LogP contribution is 2.27. The van der Waals surface area contributed by atoms with Gasteiger partial charge in [-0.25, -0.2) is 4.39 Å². The van der Waals surface area contributed by atoms with Gasteiger partial charge in [-0.15, -0.1) is 10.2 Å². The number of nitrogens with two attached hydrogens (primary N) is 1. The molecule has 0 saturated carbocycles. The average molecular weight is 301 g/mol. The quantitative estimate of drug-likeness (QED) is 0.836. The van der Waals surface area contributed by atoms with Crippen molar-refractivity contribution >= 4 is 40.6 Å². The summed E-state index contributed by atoms with van der Waals surface area (Å²) in [6.45, 7) is 0. The zero-order valence-corrected chi connectivity index (χ0v) is 10.8. The first-order valence-corrected chi connectivity index (χ1v) is 5.78. The van der Waals surface area contributed by atoms with Crippen LogP contribution in [0.4, 0.5) is 15.9 Å². The second-order valence-electron chi connectivity index (χ2n) is 3.55. The molecule has 98 valence electrons. The van der Waals surface area contributed by atoms with Crippen LogP contribution in [-0.4, -0.2) is 16.1 Å². The molecule has 0 unspecified atom stereocenters. The fourth-order valence-corrected chi connectivity index (χ4v) is 1.77. The molecule has 2 aromatic rings. The standard InChI is InChI=1S/C11H7Cl2FN4O/c12-6-3-5(4-7(13)10(6)14)16-11(19)8-1-2-9(15)18-17-8/h1-4H,(H2,15,18)(H,16,19). The maximum atomic E-state index is 13.2. The van der Waals surface area contributed by atoms with Crippen molar-refractivity contribution in [3.8, 4) is 0 Å². The number of nitrogens with one attached hydrogen (secondary N) is 1. The summed E-state index contributed by atoms with van der Waals surface area (Å²) in [5.74, 6) is -1.08. The number of nitrogen functional groups attached to an aromatic ring is 1. The van der Waals surface area contributed by atoms with Gasteiger partial charge in [-0.2, -0.15) is 0 Å². The lowest BCUT2D eigenvalue weighted by atomic mass is 10.3. The lowest BCUT2D eigenvalue weighted by Crippen LogP contribution is -2.14. The van der Waals surface area contributed by atoms with Crippen molar-refractivity contribution in [2.24, 2.45) is 0 Å². The molecular weight excluding hydrogens is 294 g/mol. The Hall–Kier alpha value is -1.92. The average Bonchev–Trinajstić information content (AvgIpc) is 2.36. The van der Waals surface area contributed by atoms with Crippen molar-refractivity contribution in [3.63, 3.8) is 0 Å². The summed E-state index contributed by atoms with van der Waals surface area (Å²) in [5, 5.41) is 9.25. The van der Waals surface area contributed by atoms with E-state index in [0.29, 0.717) is 0 Å². The Kier molecular flexibility index (Phi) is 3.82. The fourth-order valence-electron chi connectivity index (χ4n) is 1.29. The van der Waals surface area contributed by atoms with E-state index in [0.717, 1.165) is 0 Å². The molecule has 1 amide bonds. The van der Waals surface area contributed by atoms with Gasteiger partial charge < -0.3 is 11.1 Å². The Labute approximate surface area is 117 Å². The van der Waals surface area contributed by atoms with Gasteiger partial charge in [0.2, 0.25) is 0 Å². The molecule has 0 radical (unpaired) electrons. The molecule has 0 atom stereocenters. The molecule has 1 aromatic heterocycles. The molecule has 0 bridgehead atoms. The monoisotopic (exact) mass is 300 g/mol. The number of anilines is 2. The van der Waals surface area contributed by atoms with Gasteiger partial charge >= 0.3 is 0 Å². The normalized spacial score (nSPS) is 10.3. The van der Waals surface area contributed by atoms with E-state index in [1.54, 1.807) is 0 Å². The van der Waals surface area contributed by atoms with Crippen molar-refractivity contribution in [3.05, 3.63) is 45.8 Å². The largest absolute Gasteiger partial charge is 0.382 e. The highest BCUT2D eigenvalue weighted by atomic mass is 35.5. The maximum Gasteiger partial charge on any atom is 0.276 e. The molecule has 0 saturated heterocycles. The van der Waals surface area contributed by atoms with Gasteiger partial charge in [0.05, 0.1) is 10.0 Å². The first kappa shape index (κ1) is 13.5. The maximum absolute atomic E-state index is 13.2. The topological polar surface area (TPSA) is 80.9 Å². The van der Waals surface area contributed by atoms with Gasteiger partial charge in [-0.3, -0.25) is 4.79 Å². The molecule has 0 aliphatic rings. The van der Waals surface area contributed by atoms with E-state index in [-0.39, 0.29) is 27.2 Å². The number of aromatic nitrogens is 2. The molecule has 1 aromatic carbocycles. The Morgan fingerprint density at radius 3 is 2.37 bits per heavy atom. The Morgan fingerprint density at radius 1 is 1.21 bits per heavy atom. The SMILES string of the molecule is Nc1ccc(C(=O)Nc2cc(Cl)c(F)c(Cl)c2)nn1. The summed E-state index contributed by atoms with van der Waals surface area (Å²) >= 11 is 11.2. The Morgan fingerprint density at radius 2 is 1.84 bits per heavy atom. The molecule has 19 heavy (non-hydrogen) atoms. The third kappa shape index (κ3) is 3.10. The highest BCUT2D eigenvalue weighted by Gasteiger charge is 2.12. The molecule has 5 nitrogen and oxygen atoms in total. The van der Waals surface area contributed by atoms with Crippen molar-refractivity contribution in [1.29, 1.82) is 0 Å². The molecule has 0 aliphatic carbocycles. The summed E-state index contributed by atoms with van der Waals surface area (Å²) in [7, 11) is 0. The van der Waals surface area contributed by atoms with Crippen LogP contribution in [0.15, 0.2) is 24.3 Å². The number of hydrogen-bond acceptors (Lipinski definition) is 4. The van der Waals surface area contributed by atoms with Crippen molar-refractivity contribution in [2.75, 3.05) is 11.1 Å². The summed E-state index contributed by atoms with van der Waals surface area (Å²) in [5.41, 5.74) is 5.66. The minimum atomic E-state index is -0.742.